The Balaban J connectivity index is 3.30. The van der Waals surface area contributed by atoms with Crippen molar-refractivity contribution in [1.82, 2.24) is 0 Å². The quantitative estimate of drug-likeness (QED) is 0.724. The standard InChI is InChI=1S/C8H10BrNO4S/c9-5-1-2-7(11)6(3-5)8(4-10)15(12,13)14/h1-3,8,11H,4,10H2,(H,12,13,14). The number of hydrogen-bond donors (Lipinski definition) is 3. The number of phenolic OH excluding ortho intramolecular Hbond substituents is 1. The Labute approximate surface area is 95.8 Å². The van der Waals surface area contributed by atoms with Crippen LogP contribution in [0.3, 0.4) is 0 Å². The van der Waals surface area contributed by atoms with Crippen LogP contribution >= 0.6 is 15.9 Å². The van der Waals surface area contributed by atoms with Gasteiger partial charge >= 0.3 is 0 Å². The number of hydrogen-bond acceptors (Lipinski definition) is 4. The fourth-order valence-corrected chi connectivity index (χ4v) is 2.32. The zero-order valence-corrected chi connectivity index (χ0v) is 9.99. The first-order valence-electron chi connectivity index (χ1n) is 4.01. The predicted molar refractivity (Wildman–Crippen MR) is 59.2 cm³/mol. The summed E-state index contributed by atoms with van der Waals surface area (Å²) < 4.78 is 31.5. The van der Waals surface area contributed by atoms with Crippen molar-refractivity contribution in [3.63, 3.8) is 0 Å². The largest absolute Gasteiger partial charge is 0.508 e. The van der Waals surface area contributed by atoms with Gasteiger partial charge in [0.25, 0.3) is 10.1 Å². The number of nitrogens with two attached hydrogens (primary N) is 1. The second-order valence-electron chi connectivity index (χ2n) is 2.94. The molecule has 0 aliphatic rings. The third-order valence-corrected chi connectivity index (χ3v) is 3.57. The Bertz CT molecular complexity index is 460. The van der Waals surface area contributed by atoms with Crippen LogP contribution < -0.4 is 5.73 Å². The van der Waals surface area contributed by atoms with Crippen LogP contribution in [0.4, 0.5) is 0 Å². The van der Waals surface area contributed by atoms with Gasteiger partial charge in [0.15, 0.2) is 0 Å². The molecule has 1 atom stereocenters. The maximum atomic E-state index is 11.0. The van der Waals surface area contributed by atoms with Gasteiger partial charge in [0, 0.05) is 16.6 Å². The van der Waals surface area contributed by atoms with Crippen molar-refractivity contribution in [2.24, 2.45) is 5.73 Å². The minimum Gasteiger partial charge on any atom is -0.508 e. The first-order valence-corrected chi connectivity index (χ1v) is 6.30. The molecule has 0 spiro atoms. The summed E-state index contributed by atoms with van der Waals surface area (Å²) in [6, 6.07) is 4.28. The van der Waals surface area contributed by atoms with E-state index in [4.69, 9.17) is 10.3 Å². The molecule has 15 heavy (non-hydrogen) atoms. The van der Waals surface area contributed by atoms with Crippen LogP contribution in [0.5, 0.6) is 5.75 Å². The summed E-state index contributed by atoms with van der Waals surface area (Å²) >= 11 is 3.13. The average Bonchev–Trinajstić information content (AvgIpc) is 2.10. The van der Waals surface area contributed by atoms with Gasteiger partial charge in [0.05, 0.1) is 0 Å². The van der Waals surface area contributed by atoms with Crippen LogP contribution in [0.2, 0.25) is 0 Å². The number of phenols is 1. The normalized spacial score (nSPS) is 13.8. The summed E-state index contributed by atoms with van der Waals surface area (Å²) in [6.45, 7) is -0.303. The molecule has 84 valence electrons. The molecule has 1 aromatic rings. The van der Waals surface area contributed by atoms with Crippen molar-refractivity contribution in [2.45, 2.75) is 5.25 Å². The molecule has 1 aromatic carbocycles. The SMILES string of the molecule is NCC(c1cc(Br)ccc1O)S(=O)(=O)O. The summed E-state index contributed by atoms with van der Waals surface area (Å²) in [7, 11) is -4.31. The molecule has 0 saturated carbocycles. The molecule has 5 nitrogen and oxygen atoms in total. The molecule has 0 aliphatic heterocycles. The highest BCUT2D eigenvalue weighted by molar-refractivity contribution is 9.10. The van der Waals surface area contributed by atoms with Crippen LogP contribution in [0, 0.1) is 0 Å². The van der Waals surface area contributed by atoms with Gasteiger partial charge in [0.2, 0.25) is 0 Å². The lowest BCUT2D eigenvalue weighted by Gasteiger charge is -2.13. The van der Waals surface area contributed by atoms with Crippen LogP contribution in [-0.4, -0.2) is 24.6 Å². The van der Waals surface area contributed by atoms with E-state index in [0.29, 0.717) is 4.47 Å². The Kier molecular flexibility index (Phi) is 3.72. The van der Waals surface area contributed by atoms with E-state index in [-0.39, 0.29) is 17.9 Å². The number of benzene rings is 1. The van der Waals surface area contributed by atoms with Gasteiger partial charge < -0.3 is 10.8 Å². The van der Waals surface area contributed by atoms with Gasteiger partial charge in [-0.3, -0.25) is 4.55 Å². The molecule has 0 amide bonds. The van der Waals surface area contributed by atoms with Crippen molar-refractivity contribution >= 4 is 26.0 Å². The van der Waals surface area contributed by atoms with Crippen LogP contribution in [0.1, 0.15) is 10.8 Å². The minimum absolute atomic E-state index is 0.0781. The van der Waals surface area contributed by atoms with Gasteiger partial charge in [-0.15, -0.1) is 0 Å². The minimum atomic E-state index is -4.31. The molecule has 0 fully saturated rings. The van der Waals surface area contributed by atoms with Gasteiger partial charge in [-0.05, 0) is 18.2 Å². The van der Waals surface area contributed by atoms with E-state index >= 15 is 0 Å². The lowest BCUT2D eigenvalue weighted by molar-refractivity contribution is 0.450. The molecule has 1 rings (SSSR count). The Hall–Kier alpha value is -0.630. The van der Waals surface area contributed by atoms with E-state index in [1.807, 2.05) is 0 Å². The number of halogens is 1. The van der Waals surface area contributed by atoms with E-state index < -0.39 is 15.4 Å². The Morgan fingerprint density at radius 1 is 1.47 bits per heavy atom. The molecule has 0 aliphatic carbocycles. The van der Waals surface area contributed by atoms with E-state index in [2.05, 4.69) is 15.9 Å². The second-order valence-corrected chi connectivity index (χ2v) is 5.46. The van der Waals surface area contributed by atoms with Crippen LogP contribution in [0.25, 0.3) is 0 Å². The predicted octanol–water partition coefficient (Wildman–Crippen LogP) is 1.04. The average molecular weight is 296 g/mol. The molecule has 0 heterocycles. The maximum absolute atomic E-state index is 11.0. The zero-order valence-electron chi connectivity index (χ0n) is 7.59. The maximum Gasteiger partial charge on any atom is 0.273 e. The molecule has 0 saturated heterocycles. The fourth-order valence-electron chi connectivity index (χ4n) is 1.19. The Morgan fingerprint density at radius 2 is 2.07 bits per heavy atom. The van der Waals surface area contributed by atoms with Crippen molar-refractivity contribution in [3.05, 3.63) is 28.2 Å². The molecule has 0 radical (unpaired) electrons. The van der Waals surface area contributed by atoms with Gasteiger partial charge in [-0.25, -0.2) is 0 Å². The summed E-state index contributed by atoms with van der Waals surface area (Å²) in [5.74, 6) is -0.216. The third-order valence-electron chi connectivity index (χ3n) is 1.91. The number of rotatable bonds is 3. The van der Waals surface area contributed by atoms with Crippen LogP contribution in [-0.2, 0) is 10.1 Å². The van der Waals surface area contributed by atoms with Crippen molar-refractivity contribution < 1.29 is 18.1 Å². The lowest BCUT2D eigenvalue weighted by atomic mass is 10.1. The highest BCUT2D eigenvalue weighted by Crippen LogP contribution is 2.31. The molecular weight excluding hydrogens is 286 g/mol. The first kappa shape index (κ1) is 12.4. The van der Waals surface area contributed by atoms with E-state index in [0.717, 1.165) is 0 Å². The van der Waals surface area contributed by atoms with E-state index in [1.54, 1.807) is 6.07 Å². The lowest BCUT2D eigenvalue weighted by Crippen LogP contribution is -2.21. The molecule has 4 N–H and O–H groups in total. The third kappa shape index (κ3) is 2.91. The summed E-state index contributed by atoms with van der Waals surface area (Å²) in [4.78, 5) is 0. The molecule has 0 aromatic heterocycles. The Morgan fingerprint density at radius 3 is 2.53 bits per heavy atom. The summed E-state index contributed by atoms with van der Waals surface area (Å²) in [5, 5.41) is 8.14. The van der Waals surface area contributed by atoms with E-state index in [1.165, 1.54) is 12.1 Å². The van der Waals surface area contributed by atoms with Gasteiger partial charge in [-0.1, -0.05) is 15.9 Å². The first-order chi connectivity index (χ1) is 6.86. The number of aromatic hydroxyl groups is 1. The van der Waals surface area contributed by atoms with Crippen LogP contribution in [0.15, 0.2) is 22.7 Å². The van der Waals surface area contributed by atoms with Gasteiger partial charge in [0.1, 0.15) is 11.0 Å². The highest BCUT2D eigenvalue weighted by Gasteiger charge is 2.26. The van der Waals surface area contributed by atoms with Gasteiger partial charge in [-0.2, -0.15) is 8.42 Å². The van der Waals surface area contributed by atoms with Crippen molar-refractivity contribution in [3.8, 4) is 5.75 Å². The summed E-state index contributed by atoms with van der Waals surface area (Å²) in [6.07, 6.45) is 0. The second kappa shape index (κ2) is 4.48. The van der Waals surface area contributed by atoms with E-state index in [9.17, 15) is 13.5 Å². The molecule has 7 heteroatoms. The molecule has 1 unspecified atom stereocenters. The van der Waals surface area contributed by atoms with Crippen molar-refractivity contribution in [2.75, 3.05) is 6.54 Å². The molecular formula is C8H10BrNO4S. The monoisotopic (exact) mass is 295 g/mol. The smallest absolute Gasteiger partial charge is 0.273 e. The zero-order chi connectivity index (χ0) is 11.6. The van der Waals surface area contributed by atoms with Crippen molar-refractivity contribution in [1.29, 1.82) is 0 Å². The highest BCUT2D eigenvalue weighted by atomic mass is 79.9. The fraction of sp³-hybridized carbons (Fsp3) is 0.250. The summed E-state index contributed by atoms with van der Waals surface area (Å²) in [5.41, 5.74) is 5.32. The molecule has 0 bridgehead atoms. The topological polar surface area (TPSA) is 101 Å².